The Balaban J connectivity index is 1.18. The molecule has 11 heteroatoms. The van der Waals surface area contributed by atoms with Gasteiger partial charge in [0, 0.05) is 12.7 Å². The lowest BCUT2D eigenvalue weighted by Crippen LogP contribution is -2.66. The van der Waals surface area contributed by atoms with Gasteiger partial charge >= 0.3 is 0 Å². The normalized spacial score (nSPS) is 31.9. The molecule has 3 aliphatic rings. The molecule has 3 fully saturated rings. The van der Waals surface area contributed by atoms with Gasteiger partial charge in [-0.15, -0.1) is 0 Å². The summed E-state index contributed by atoms with van der Waals surface area (Å²) in [7, 11) is 1.54. The van der Waals surface area contributed by atoms with Crippen LogP contribution in [0.15, 0.2) is 121 Å². The molecular weight excluding hydrogens is 668 g/mol. The third kappa shape index (κ3) is 8.79. The van der Waals surface area contributed by atoms with Crippen molar-refractivity contribution in [2.24, 2.45) is 0 Å². The molecule has 4 aromatic rings. The van der Waals surface area contributed by atoms with Crippen molar-refractivity contribution in [3.8, 4) is 0 Å². The molecule has 3 saturated heterocycles. The van der Waals surface area contributed by atoms with Crippen LogP contribution in [0.25, 0.3) is 0 Å². The number of hydrogen-bond acceptors (Lipinski definition) is 11. The van der Waals surface area contributed by atoms with E-state index in [1.807, 2.05) is 121 Å². The Labute approximate surface area is 303 Å². The van der Waals surface area contributed by atoms with E-state index < -0.39 is 74.3 Å². The third-order valence-electron chi connectivity index (χ3n) is 9.56. The lowest BCUT2D eigenvalue weighted by molar-refractivity contribution is -0.395. The average Bonchev–Trinajstić information content (AvgIpc) is 3.20. The summed E-state index contributed by atoms with van der Waals surface area (Å²) in [6.45, 7) is 0.479. The monoisotopic (exact) mass is 714 g/mol. The number of hydrogen-bond donors (Lipinski definition) is 2. The van der Waals surface area contributed by atoms with Crippen molar-refractivity contribution in [2.45, 2.75) is 87.5 Å². The average molecular weight is 715 g/mol. The van der Waals surface area contributed by atoms with Gasteiger partial charge in [0.2, 0.25) is 0 Å². The Hall–Kier alpha value is -3.56. The van der Waals surface area contributed by atoms with E-state index in [2.05, 4.69) is 0 Å². The number of benzene rings is 4. The van der Waals surface area contributed by atoms with E-state index >= 15 is 0 Å². The highest BCUT2D eigenvalue weighted by Gasteiger charge is 2.55. The predicted molar refractivity (Wildman–Crippen MR) is 187 cm³/mol. The molecule has 3 aliphatic heterocycles. The number of ether oxygens (including phenoxy) is 9. The fourth-order valence-corrected chi connectivity index (χ4v) is 6.91. The summed E-state index contributed by atoms with van der Waals surface area (Å²) in [5.41, 5.74) is 3.67. The van der Waals surface area contributed by atoms with Gasteiger partial charge in [-0.25, -0.2) is 0 Å². The molecule has 4 aromatic carbocycles. The van der Waals surface area contributed by atoms with E-state index in [9.17, 15) is 10.2 Å². The molecule has 2 N–H and O–H groups in total. The zero-order chi connectivity index (χ0) is 35.7. The van der Waals surface area contributed by atoms with Crippen molar-refractivity contribution in [3.05, 3.63) is 144 Å². The number of aliphatic hydroxyl groups excluding tert-OH is 2. The zero-order valence-corrected chi connectivity index (χ0v) is 29.0. The van der Waals surface area contributed by atoms with Crippen LogP contribution >= 0.6 is 0 Å². The maximum Gasteiger partial charge on any atom is 0.187 e. The minimum absolute atomic E-state index is 0.180. The zero-order valence-electron chi connectivity index (χ0n) is 29.0. The van der Waals surface area contributed by atoms with Crippen molar-refractivity contribution in [1.82, 2.24) is 0 Å². The van der Waals surface area contributed by atoms with Gasteiger partial charge in [-0.3, -0.25) is 0 Å². The molecule has 11 nitrogen and oxygen atoms in total. The van der Waals surface area contributed by atoms with E-state index in [4.69, 9.17) is 42.6 Å². The molecule has 1 unspecified atom stereocenters. The second-order valence-corrected chi connectivity index (χ2v) is 13.1. The van der Waals surface area contributed by atoms with Crippen molar-refractivity contribution in [1.29, 1.82) is 0 Å². The Morgan fingerprint density at radius 2 is 1.12 bits per heavy atom. The minimum Gasteiger partial charge on any atom is -0.394 e. The lowest BCUT2D eigenvalue weighted by atomic mass is 9.95. The van der Waals surface area contributed by atoms with Gasteiger partial charge in [0.1, 0.15) is 48.8 Å². The maximum absolute atomic E-state index is 11.4. The molecule has 11 atom stereocenters. The predicted octanol–water partition coefficient (Wildman–Crippen LogP) is 4.69. The molecule has 0 amide bonds. The van der Waals surface area contributed by atoms with Gasteiger partial charge in [0.15, 0.2) is 18.9 Å². The van der Waals surface area contributed by atoms with Crippen LogP contribution in [-0.4, -0.2) is 91.9 Å². The highest BCUT2D eigenvalue weighted by atomic mass is 16.8. The van der Waals surface area contributed by atoms with E-state index in [1.54, 1.807) is 0 Å². The largest absolute Gasteiger partial charge is 0.394 e. The van der Waals surface area contributed by atoms with Crippen LogP contribution in [0.5, 0.6) is 0 Å². The fraction of sp³-hybridized carbons (Fsp3) is 0.415. The van der Waals surface area contributed by atoms with Crippen LogP contribution < -0.4 is 0 Å². The first-order valence-electron chi connectivity index (χ1n) is 17.7. The van der Waals surface area contributed by atoms with Crippen LogP contribution in [0, 0.1) is 0 Å². The van der Waals surface area contributed by atoms with Crippen LogP contribution in [0.1, 0.15) is 28.5 Å². The molecule has 276 valence electrons. The smallest absolute Gasteiger partial charge is 0.187 e. The summed E-state index contributed by atoms with van der Waals surface area (Å²) < 4.78 is 57.3. The first-order valence-corrected chi connectivity index (χ1v) is 17.7. The molecule has 52 heavy (non-hydrogen) atoms. The van der Waals surface area contributed by atoms with Gasteiger partial charge < -0.3 is 52.8 Å². The molecular formula is C41H46O11. The molecule has 0 spiro atoms. The summed E-state index contributed by atoms with van der Waals surface area (Å²) in [6, 6.07) is 38.9. The van der Waals surface area contributed by atoms with Gasteiger partial charge in [0.05, 0.1) is 33.0 Å². The number of methoxy groups -OCH3 is 1. The Kier molecular flexibility index (Phi) is 12.7. The number of aliphatic hydroxyl groups is 2. The fourth-order valence-electron chi connectivity index (χ4n) is 6.91. The Bertz CT molecular complexity index is 1620. The summed E-state index contributed by atoms with van der Waals surface area (Å²) in [5, 5.41) is 22.1. The molecule has 0 aromatic heterocycles. The topological polar surface area (TPSA) is 124 Å². The van der Waals surface area contributed by atoms with Crippen molar-refractivity contribution in [2.75, 3.05) is 20.3 Å². The van der Waals surface area contributed by atoms with E-state index in [-0.39, 0.29) is 26.4 Å². The molecule has 7 rings (SSSR count). The lowest BCUT2D eigenvalue weighted by Gasteiger charge is -2.50. The van der Waals surface area contributed by atoms with Crippen molar-refractivity contribution < 1.29 is 52.8 Å². The van der Waals surface area contributed by atoms with Gasteiger partial charge in [-0.05, 0) is 16.7 Å². The highest BCUT2D eigenvalue weighted by molar-refractivity contribution is 5.18. The number of rotatable bonds is 14. The second kappa shape index (κ2) is 18.0. The van der Waals surface area contributed by atoms with Crippen molar-refractivity contribution >= 4 is 0 Å². The molecule has 0 radical (unpaired) electrons. The van der Waals surface area contributed by atoms with Crippen LogP contribution in [-0.2, 0) is 62.5 Å². The van der Waals surface area contributed by atoms with Crippen molar-refractivity contribution in [3.63, 3.8) is 0 Å². The number of fused-ring (bicyclic) bond motifs is 1. The van der Waals surface area contributed by atoms with E-state index in [1.165, 1.54) is 7.11 Å². The van der Waals surface area contributed by atoms with Gasteiger partial charge in [-0.2, -0.15) is 0 Å². The standard InChI is InChI=1S/C41H46O11/c1-44-35-34-32(26-48-40(51-34)30-20-12-5-13-21-30)49-39(43)37(35)52-41-38(47-25-29-18-10-4-11-19-29)36(46-24-28-16-8-3-9-17-28)33(31(22-42)50-41)45-23-27-14-6-2-7-15-27/h2-21,31-43H,22-26H2,1H3/t31-,32-,33-,34-,35+,36+,37-,38-,39+,40?,41-/m1/s1. The van der Waals surface area contributed by atoms with Crippen LogP contribution in [0.3, 0.4) is 0 Å². The third-order valence-corrected chi connectivity index (χ3v) is 9.56. The SMILES string of the molecule is CO[C@@H]1[C@@H](O[C@H]2O[C@H](CO)[C@@H](OCc3ccccc3)[C@H](OCc3ccccc3)[C@H]2OCc2ccccc2)[C@@H](O)O[C@@H]2COC(c3ccccc3)O[C@@H]12. The summed E-state index contributed by atoms with van der Waals surface area (Å²) in [4.78, 5) is 0. The summed E-state index contributed by atoms with van der Waals surface area (Å²) in [5.74, 6) is 0. The van der Waals surface area contributed by atoms with E-state index in [0.29, 0.717) is 0 Å². The van der Waals surface area contributed by atoms with Gasteiger partial charge in [0.25, 0.3) is 0 Å². The van der Waals surface area contributed by atoms with Crippen LogP contribution in [0.2, 0.25) is 0 Å². The van der Waals surface area contributed by atoms with Crippen LogP contribution in [0.4, 0.5) is 0 Å². The molecule has 0 saturated carbocycles. The minimum atomic E-state index is -1.42. The first kappa shape index (κ1) is 36.8. The Morgan fingerprint density at radius 1 is 0.596 bits per heavy atom. The molecule has 0 aliphatic carbocycles. The van der Waals surface area contributed by atoms with E-state index in [0.717, 1.165) is 22.3 Å². The quantitative estimate of drug-likeness (QED) is 0.189. The summed E-state index contributed by atoms with van der Waals surface area (Å²) in [6.07, 6.45) is -9.65. The maximum atomic E-state index is 11.4. The molecule has 3 heterocycles. The second-order valence-electron chi connectivity index (χ2n) is 13.1. The molecule has 0 bridgehead atoms. The first-order chi connectivity index (χ1) is 25.6. The van der Waals surface area contributed by atoms with Gasteiger partial charge in [-0.1, -0.05) is 121 Å². The summed E-state index contributed by atoms with van der Waals surface area (Å²) >= 11 is 0. The highest BCUT2D eigenvalue weighted by Crippen LogP contribution is 2.38. The Morgan fingerprint density at radius 3 is 1.65 bits per heavy atom.